The number of hydrogen-bond acceptors (Lipinski definition) is 10. The maximum absolute atomic E-state index is 12.8. The SMILES string of the molecule is CC(C)(C)OC(=O)Nc1nc(/C(=N/OC2(C(=O)O)CC2)C(=O)N[C@@H]2C(=O)N[C@@H]2CO)cs1. The molecule has 2 fully saturated rings. The van der Waals surface area contributed by atoms with Gasteiger partial charge in [0.1, 0.15) is 17.3 Å². The van der Waals surface area contributed by atoms with Crippen LogP contribution in [0, 0.1) is 0 Å². The molecule has 14 heteroatoms. The van der Waals surface area contributed by atoms with E-state index in [0.717, 1.165) is 11.3 Å². The number of carboxylic acids is 1. The lowest BCUT2D eigenvalue weighted by molar-refractivity contribution is -0.153. The highest BCUT2D eigenvalue weighted by Gasteiger charge is 2.54. The summed E-state index contributed by atoms with van der Waals surface area (Å²) in [5.74, 6) is -2.57. The van der Waals surface area contributed by atoms with Gasteiger partial charge in [-0.1, -0.05) is 5.16 Å². The number of hydrogen-bond donors (Lipinski definition) is 5. The molecule has 1 aromatic rings. The molecule has 1 saturated carbocycles. The van der Waals surface area contributed by atoms with Crippen molar-refractivity contribution in [2.45, 2.75) is 56.9 Å². The summed E-state index contributed by atoms with van der Waals surface area (Å²) in [4.78, 5) is 57.0. The number of nitrogens with zero attached hydrogens (tertiary/aromatic N) is 2. The van der Waals surface area contributed by atoms with Gasteiger partial charge in [0.05, 0.1) is 12.6 Å². The molecule has 0 spiro atoms. The van der Waals surface area contributed by atoms with Gasteiger partial charge in [0.25, 0.3) is 5.91 Å². The molecule has 32 heavy (non-hydrogen) atoms. The normalized spacial score (nSPS) is 21.6. The Labute approximate surface area is 186 Å². The van der Waals surface area contributed by atoms with Crippen molar-refractivity contribution in [3.63, 3.8) is 0 Å². The first-order chi connectivity index (χ1) is 14.9. The number of thiazole rings is 1. The molecule has 3 amide bonds. The number of oxime groups is 1. The Morgan fingerprint density at radius 2 is 2.06 bits per heavy atom. The van der Waals surface area contributed by atoms with Gasteiger partial charge in [0, 0.05) is 18.2 Å². The Hall–Kier alpha value is -3.26. The smallest absolute Gasteiger partial charge is 0.413 e. The van der Waals surface area contributed by atoms with Crippen molar-refractivity contribution in [3.05, 3.63) is 11.1 Å². The van der Waals surface area contributed by atoms with E-state index in [9.17, 15) is 29.4 Å². The molecule has 0 radical (unpaired) electrons. The zero-order valence-corrected chi connectivity index (χ0v) is 18.3. The van der Waals surface area contributed by atoms with Crippen molar-refractivity contribution >= 4 is 46.1 Å². The number of carboxylic acid groups (broad SMARTS) is 1. The molecule has 0 unspecified atom stereocenters. The summed E-state index contributed by atoms with van der Waals surface area (Å²) >= 11 is 0.974. The van der Waals surface area contributed by atoms with Crippen molar-refractivity contribution in [2.75, 3.05) is 11.9 Å². The lowest BCUT2D eigenvalue weighted by Gasteiger charge is -2.35. The summed E-state index contributed by atoms with van der Waals surface area (Å²) in [5.41, 5.74) is -2.64. The summed E-state index contributed by atoms with van der Waals surface area (Å²) in [6, 6.07) is -1.66. The van der Waals surface area contributed by atoms with Crippen molar-refractivity contribution in [2.24, 2.45) is 5.16 Å². The molecule has 2 atom stereocenters. The number of anilines is 1. The number of aliphatic hydroxyl groups excluding tert-OH is 1. The summed E-state index contributed by atoms with van der Waals surface area (Å²) in [6.07, 6.45) is -0.306. The summed E-state index contributed by atoms with van der Waals surface area (Å²) < 4.78 is 5.15. The highest BCUT2D eigenvalue weighted by molar-refractivity contribution is 7.14. The molecule has 2 aliphatic rings. The first kappa shape index (κ1) is 23.4. The van der Waals surface area contributed by atoms with Crippen LogP contribution in [0.2, 0.25) is 0 Å². The van der Waals surface area contributed by atoms with Crippen LogP contribution in [-0.4, -0.2) is 74.7 Å². The summed E-state index contributed by atoms with van der Waals surface area (Å²) in [7, 11) is 0. The molecule has 5 N–H and O–H groups in total. The average molecular weight is 469 g/mol. The fourth-order valence-electron chi connectivity index (χ4n) is 2.60. The van der Waals surface area contributed by atoms with E-state index >= 15 is 0 Å². The van der Waals surface area contributed by atoms with Gasteiger partial charge in [-0.25, -0.2) is 14.6 Å². The van der Waals surface area contributed by atoms with Crippen LogP contribution in [0.3, 0.4) is 0 Å². The number of carbonyl (C=O) groups is 4. The van der Waals surface area contributed by atoms with Crippen LogP contribution in [-0.2, 0) is 24.0 Å². The molecule has 1 aromatic heterocycles. The Kier molecular flexibility index (Phi) is 6.37. The number of nitrogens with one attached hydrogen (secondary N) is 3. The molecular weight excluding hydrogens is 446 g/mol. The predicted molar refractivity (Wildman–Crippen MR) is 110 cm³/mol. The van der Waals surface area contributed by atoms with Crippen LogP contribution in [0.25, 0.3) is 0 Å². The Balaban J connectivity index is 1.79. The van der Waals surface area contributed by atoms with Gasteiger partial charge in [0.2, 0.25) is 11.5 Å². The van der Waals surface area contributed by atoms with Crippen molar-refractivity contribution in [1.82, 2.24) is 15.6 Å². The van der Waals surface area contributed by atoms with Gasteiger partial charge in [-0.2, -0.15) is 0 Å². The molecule has 2 heterocycles. The summed E-state index contributed by atoms with van der Waals surface area (Å²) in [5, 5.41) is 31.0. The lowest BCUT2D eigenvalue weighted by Crippen LogP contribution is -2.70. The first-order valence-electron chi connectivity index (χ1n) is 9.62. The van der Waals surface area contributed by atoms with Crippen LogP contribution in [0.15, 0.2) is 10.5 Å². The van der Waals surface area contributed by atoms with Gasteiger partial charge in [-0.05, 0) is 20.8 Å². The number of rotatable bonds is 8. The zero-order valence-electron chi connectivity index (χ0n) is 17.5. The van der Waals surface area contributed by atoms with E-state index < -0.39 is 47.2 Å². The minimum Gasteiger partial charge on any atom is -0.478 e. The molecule has 3 rings (SSSR count). The van der Waals surface area contributed by atoms with Gasteiger partial charge in [0.15, 0.2) is 10.8 Å². The molecule has 0 bridgehead atoms. The molecule has 174 valence electrons. The number of carbonyl (C=O) groups excluding carboxylic acids is 3. The van der Waals surface area contributed by atoms with Gasteiger partial charge >= 0.3 is 12.1 Å². The van der Waals surface area contributed by atoms with Crippen molar-refractivity contribution < 1.29 is 39.0 Å². The largest absolute Gasteiger partial charge is 0.478 e. The minimum atomic E-state index is -1.51. The molecule has 1 aliphatic heterocycles. The van der Waals surface area contributed by atoms with E-state index in [2.05, 4.69) is 26.1 Å². The first-order valence-corrected chi connectivity index (χ1v) is 10.5. The van der Waals surface area contributed by atoms with E-state index in [-0.39, 0.29) is 36.0 Å². The molecule has 1 aliphatic carbocycles. The second kappa shape index (κ2) is 8.70. The van der Waals surface area contributed by atoms with E-state index in [1.807, 2.05) is 0 Å². The van der Waals surface area contributed by atoms with Crippen LogP contribution in [0.1, 0.15) is 39.3 Å². The number of aliphatic carboxylic acids is 1. The fraction of sp³-hybridized carbons (Fsp3) is 0.556. The number of β-lactam (4-membered cyclic amide) rings is 1. The number of aromatic nitrogens is 1. The van der Waals surface area contributed by atoms with Gasteiger partial charge in [-0.3, -0.25) is 14.9 Å². The second-order valence-corrected chi connectivity index (χ2v) is 9.10. The molecular formula is C18H23N5O8S. The zero-order chi connectivity index (χ0) is 23.7. The van der Waals surface area contributed by atoms with E-state index in [1.54, 1.807) is 20.8 Å². The second-order valence-electron chi connectivity index (χ2n) is 8.24. The highest BCUT2D eigenvalue weighted by Crippen LogP contribution is 2.40. The lowest BCUT2D eigenvalue weighted by atomic mass is 9.99. The van der Waals surface area contributed by atoms with Crippen molar-refractivity contribution in [1.29, 1.82) is 0 Å². The fourth-order valence-corrected chi connectivity index (χ4v) is 3.28. The third-order valence-corrected chi connectivity index (χ3v) is 5.23. The number of amides is 3. The Morgan fingerprint density at radius 1 is 1.38 bits per heavy atom. The number of ether oxygens (including phenoxy) is 1. The maximum atomic E-state index is 12.8. The Morgan fingerprint density at radius 3 is 2.59 bits per heavy atom. The van der Waals surface area contributed by atoms with Crippen LogP contribution in [0.5, 0.6) is 0 Å². The van der Waals surface area contributed by atoms with Crippen molar-refractivity contribution in [3.8, 4) is 0 Å². The van der Waals surface area contributed by atoms with Crippen LogP contribution in [0.4, 0.5) is 9.93 Å². The number of aliphatic hydroxyl groups is 1. The third-order valence-electron chi connectivity index (χ3n) is 4.47. The molecule has 13 nitrogen and oxygen atoms in total. The third kappa shape index (κ3) is 5.31. The van der Waals surface area contributed by atoms with E-state index in [0.29, 0.717) is 0 Å². The van der Waals surface area contributed by atoms with Gasteiger partial charge in [-0.15, -0.1) is 11.3 Å². The highest BCUT2D eigenvalue weighted by atomic mass is 32.1. The standard InChI is InChI=1S/C18H23N5O8S/c1-17(2,3)30-16(29)22-15-20-9(7-32-15)11(23-31-18(4-5-18)14(27)28)13(26)21-10-8(6-24)19-12(10)25/h7-8,10,24H,4-6H2,1-3H3,(H,19,25)(H,21,26)(H,27,28)(H,20,22,29)/b23-11-/t8-,10+/m1/s1. The topological polar surface area (TPSA) is 189 Å². The molecule has 0 aromatic carbocycles. The summed E-state index contributed by atoms with van der Waals surface area (Å²) in [6.45, 7) is 4.69. The average Bonchev–Trinajstić information content (AvgIpc) is 3.35. The van der Waals surface area contributed by atoms with Crippen LogP contribution < -0.4 is 16.0 Å². The van der Waals surface area contributed by atoms with E-state index in [4.69, 9.17) is 9.57 Å². The predicted octanol–water partition coefficient (Wildman–Crippen LogP) is -0.196. The van der Waals surface area contributed by atoms with E-state index in [1.165, 1.54) is 5.38 Å². The molecule has 1 saturated heterocycles. The maximum Gasteiger partial charge on any atom is 0.413 e. The Bertz CT molecular complexity index is 965. The quantitative estimate of drug-likeness (QED) is 0.195. The minimum absolute atomic E-state index is 0.0139. The van der Waals surface area contributed by atoms with Gasteiger partial charge < -0.3 is 30.4 Å². The van der Waals surface area contributed by atoms with Crippen LogP contribution >= 0.6 is 11.3 Å². The monoisotopic (exact) mass is 469 g/mol.